The predicted octanol–water partition coefficient (Wildman–Crippen LogP) is 1.63. The van der Waals surface area contributed by atoms with Crippen LogP contribution < -0.4 is 5.56 Å². The lowest BCUT2D eigenvalue weighted by Crippen LogP contribution is -2.35. The summed E-state index contributed by atoms with van der Waals surface area (Å²) in [6, 6.07) is 1.79. The van der Waals surface area contributed by atoms with E-state index in [4.69, 9.17) is 0 Å². The van der Waals surface area contributed by atoms with Gasteiger partial charge in [0.1, 0.15) is 12.2 Å². The summed E-state index contributed by atoms with van der Waals surface area (Å²) in [6.07, 6.45) is 6.74. The molecule has 0 aromatic carbocycles. The van der Waals surface area contributed by atoms with Gasteiger partial charge in [0, 0.05) is 50.2 Å². The second-order valence-corrected chi connectivity index (χ2v) is 6.32. The highest BCUT2D eigenvalue weighted by Gasteiger charge is 2.23. The van der Waals surface area contributed by atoms with Crippen molar-refractivity contribution < 1.29 is 4.39 Å². The Bertz CT molecular complexity index is 984. The molecule has 4 rings (SSSR count). The molecule has 7 nitrogen and oxygen atoms in total. The van der Waals surface area contributed by atoms with Crippen LogP contribution in [0.4, 0.5) is 4.39 Å². The molecule has 0 radical (unpaired) electrons. The van der Waals surface area contributed by atoms with Crippen LogP contribution in [0.2, 0.25) is 0 Å². The summed E-state index contributed by atoms with van der Waals surface area (Å²) < 4.78 is 14.0. The molecule has 3 aromatic rings. The number of hydrogen-bond donors (Lipinski definition) is 1. The van der Waals surface area contributed by atoms with Crippen LogP contribution in [0.1, 0.15) is 22.4 Å². The van der Waals surface area contributed by atoms with E-state index in [-0.39, 0.29) is 5.56 Å². The largest absolute Gasteiger partial charge is 0.306 e. The first kappa shape index (κ1) is 16.5. The average Bonchev–Trinajstić information content (AvgIpc) is 2.66. The monoisotopic (exact) mass is 352 g/mol. The number of rotatable bonds is 3. The molecule has 1 aliphatic rings. The highest BCUT2D eigenvalue weighted by Crippen LogP contribution is 2.21. The summed E-state index contributed by atoms with van der Waals surface area (Å²) in [5.41, 5.74) is 3.31. The van der Waals surface area contributed by atoms with Crippen LogP contribution in [-0.2, 0) is 19.5 Å². The van der Waals surface area contributed by atoms with Crippen molar-refractivity contribution in [2.24, 2.45) is 0 Å². The van der Waals surface area contributed by atoms with Crippen LogP contribution in [0.3, 0.4) is 0 Å². The van der Waals surface area contributed by atoms with Gasteiger partial charge in [-0.2, -0.15) is 4.39 Å². The molecule has 0 amide bonds. The first-order valence-corrected chi connectivity index (χ1v) is 8.31. The van der Waals surface area contributed by atoms with Gasteiger partial charge in [-0.1, -0.05) is 0 Å². The van der Waals surface area contributed by atoms with Crippen molar-refractivity contribution in [2.75, 3.05) is 6.54 Å². The van der Waals surface area contributed by atoms with Crippen molar-refractivity contribution in [1.82, 2.24) is 29.8 Å². The van der Waals surface area contributed by atoms with Crippen LogP contribution in [0.15, 0.2) is 35.8 Å². The number of aryl methyl sites for hydroxylation is 1. The van der Waals surface area contributed by atoms with E-state index in [1.165, 1.54) is 12.5 Å². The molecule has 1 aliphatic heterocycles. The summed E-state index contributed by atoms with van der Waals surface area (Å²) in [7, 11) is 0. The molecule has 0 bridgehead atoms. The van der Waals surface area contributed by atoms with E-state index in [0.717, 1.165) is 11.3 Å². The normalized spacial score (nSPS) is 14.2. The molecule has 3 aromatic heterocycles. The molecule has 4 heterocycles. The molecule has 132 valence electrons. The highest BCUT2D eigenvalue weighted by atomic mass is 19.1. The van der Waals surface area contributed by atoms with Gasteiger partial charge in [0.15, 0.2) is 0 Å². The van der Waals surface area contributed by atoms with Gasteiger partial charge in [0.25, 0.3) is 5.56 Å². The molecule has 1 N–H and O–H groups in total. The fraction of sp³-hybridized carbons (Fsp3) is 0.278. The molecule has 8 heteroatoms. The number of aromatic amines is 1. The fourth-order valence-corrected chi connectivity index (χ4v) is 3.14. The molecule has 0 spiro atoms. The molecular formula is C18H17FN6O. The first-order chi connectivity index (χ1) is 12.6. The van der Waals surface area contributed by atoms with E-state index in [1.807, 2.05) is 11.8 Å². The zero-order chi connectivity index (χ0) is 18.1. The zero-order valence-corrected chi connectivity index (χ0v) is 14.2. The Morgan fingerprint density at radius 1 is 1.31 bits per heavy atom. The number of pyridine rings is 1. The molecule has 0 fully saturated rings. The summed E-state index contributed by atoms with van der Waals surface area (Å²) in [4.78, 5) is 33.6. The lowest BCUT2D eigenvalue weighted by molar-refractivity contribution is 0.237. The van der Waals surface area contributed by atoms with Gasteiger partial charge in [-0.25, -0.2) is 19.9 Å². The van der Waals surface area contributed by atoms with Crippen LogP contribution in [0, 0.1) is 12.9 Å². The topological polar surface area (TPSA) is 87.7 Å². The minimum absolute atomic E-state index is 0.179. The molecule has 0 atom stereocenters. The number of nitrogens with zero attached hydrogens (tertiary/aromatic N) is 5. The Morgan fingerprint density at radius 2 is 2.12 bits per heavy atom. The second kappa shape index (κ2) is 6.72. The third-order valence-corrected chi connectivity index (χ3v) is 4.60. The average molecular weight is 352 g/mol. The fourth-order valence-electron chi connectivity index (χ4n) is 3.14. The Morgan fingerprint density at radius 3 is 2.88 bits per heavy atom. The first-order valence-electron chi connectivity index (χ1n) is 8.31. The van der Waals surface area contributed by atoms with E-state index < -0.39 is 5.95 Å². The van der Waals surface area contributed by atoms with Gasteiger partial charge >= 0.3 is 0 Å². The van der Waals surface area contributed by atoms with Gasteiger partial charge in [-0.05, 0) is 18.6 Å². The molecule has 0 aliphatic carbocycles. The van der Waals surface area contributed by atoms with Crippen LogP contribution in [-0.4, -0.2) is 36.4 Å². The maximum atomic E-state index is 14.0. The van der Waals surface area contributed by atoms with Gasteiger partial charge in [0.05, 0.1) is 16.8 Å². The minimum Gasteiger partial charge on any atom is -0.306 e. The minimum atomic E-state index is -0.456. The lowest BCUT2D eigenvalue weighted by Gasteiger charge is -2.28. The Balaban J connectivity index is 1.61. The summed E-state index contributed by atoms with van der Waals surface area (Å²) in [5.74, 6) is 0.0132. The van der Waals surface area contributed by atoms with Crippen molar-refractivity contribution in [3.63, 3.8) is 0 Å². The number of H-pyrrole nitrogens is 1. The van der Waals surface area contributed by atoms with Crippen molar-refractivity contribution in [3.05, 3.63) is 69.7 Å². The van der Waals surface area contributed by atoms with Crippen molar-refractivity contribution in [2.45, 2.75) is 26.4 Å². The summed E-state index contributed by atoms with van der Waals surface area (Å²) >= 11 is 0. The van der Waals surface area contributed by atoms with Gasteiger partial charge in [0.2, 0.25) is 5.95 Å². The molecular weight excluding hydrogens is 335 g/mol. The molecule has 26 heavy (non-hydrogen) atoms. The Hall–Kier alpha value is -3.00. The maximum Gasteiger partial charge on any atom is 0.255 e. The van der Waals surface area contributed by atoms with Crippen molar-refractivity contribution in [3.8, 4) is 11.4 Å². The Kier molecular flexibility index (Phi) is 4.26. The summed E-state index contributed by atoms with van der Waals surface area (Å²) in [6.45, 7) is 3.40. The molecule has 0 saturated heterocycles. The lowest BCUT2D eigenvalue weighted by atomic mass is 10.0. The number of hydrogen-bond acceptors (Lipinski definition) is 6. The van der Waals surface area contributed by atoms with Crippen LogP contribution in [0.25, 0.3) is 11.4 Å². The van der Waals surface area contributed by atoms with E-state index in [2.05, 4.69) is 24.9 Å². The Labute approximate surface area is 149 Å². The summed E-state index contributed by atoms with van der Waals surface area (Å²) in [5, 5.41) is 0. The van der Waals surface area contributed by atoms with Gasteiger partial charge in [-0.3, -0.25) is 9.69 Å². The maximum absolute atomic E-state index is 14.0. The zero-order valence-electron chi connectivity index (χ0n) is 14.2. The number of halogens is 1. The second-order valence-electron chi connectivity index (χ2n) is 6.32. The smallest absolute Gasteiger partial charge is 0.255 e. The van der Waals surface area contributed by atoms with Crippen LogP contribution >= 0.6 is 0 Å². The third kappa shape index (κ3) is 3.11. The number of fused-ring (bicyclic) bond motifs is 1. The molecule has 0 saturated carbocycles. The van der Waals surface area contributed by atoms with E-state index in [9.17, 15) is 9.18 Å². The van der Waals surface area contributed by atoms with Gasteiger partial charge in [-0.15, -0.1) is 0 Å². The van der Waals surface area contributed by atoms with Crippen LogP contribution in [0.5, 0.6) is 0 Å². The van der Waals surface area contributed by atoms with E-state index >= 15 is 0 Å². The third-order valence-electron chi connectivity index (χ3n) is 4.60. The SMILES string of the molecule is Cc1ccnc(F)c1CN1CCc2nc(-c3cncnc3)[nH]c(=O)c2C1. The number of nitrogens with one attached hydrogen (secondary N) is 1. The van der Waals surface area contributed by atoms with Crippen molar-refractivity contribution in [1.29, 1.82) is 0 Å². The predicted molar refractivity (Wildman–Crippen MR) is 92.6 cm³/mol. The van der Waals surface area contributed by atoms with E-state index in [0.29, 0.717) is 48.6 Å². The molecule has 0 unspecified atom stereocenters. The van der Waals surface area contributed by atoms with Gasteiger partial charge < -0.3 is 4.98 Å². The van der Waals surface area contributed by atoms with Crippen molar-refractivity contribution >= 4 is 0 Å². The van der Waals surface area contributed by atoms with E-state index in [1.54, 1.807) is 18.5 Å². The standard InChI is InChI=1S/C18H17FN6O/c1-11-2-4-22-16(19)13(11)8-25-5-3-15-14(9-25)18(26)24-17(23-15)12-6-20-10-21-7-12/h2,4,6-7,10H,3,5,8-9H2,1H3,(H,23,24,26). The highest BCUT2D eigenvalue weighted by molar-refractivity contribution is 5.52. The quantitative estimate of drug-likeness (QED) is 0.721. The number of aromatic nitrogens is 5.